The van der Waals surface area contributed by atoms with E-state index in [2.05, 4.69) is 72.5 Å². The number of aryl methyl sites for hydroxylation is 1. The minimum absolute atomic E-state index is 0.626. The van der Waals surface area contributed by atoms with Crippen LogP contribution in [0.25, 0.3) is 33.3 Å². The quantitative estimate of drug-likeness (QED) is 0.242. The number of para-hydroxylation sites is 4. The normalized spacial score (nSPS) is 11.8. The summed E-state index contributed by atoms with van der Waals surface area (Å²) in [5.74, 6) is 1.60. The van der Waals surface area contributed by atoms with Crippen LogP contribution in [0.15, 0.2) is 121 Å². The topological polar surface area (TPSA) is 49.1 Å². The Balaban J connectivity index is 1.57. The van der Waals surface area contributed by atoms with Crippen molar-refractivity contribution in [3.63, 3.8) is 0 Å². The molecule has 0 unspecified atom stereocenters. The van der Waals surface area contributed by atoms with Gasteiger partial charge in [0.15, 0.2) is 11.5 Å². The first kappa shape index (κ1) is 22.8. The Hall–Kier alpha value is -5.40. The second kappa shape index (κ2) is 9.16. The lowest BCUT2D eigenvalue weighted by molar-refractivity contribution is 0.477. The molecule has 6 aromatic rings. The van der Waals surface area contributed by atoms with Crippen molar-refractivity contribution < 1.29 is 4.74 Å². The summed E-state index contributed by atoms with van der Waals surface area (Å²) in [6.45, 7) is 2.14. The molecule has 1 aromatic heterocycles. The summed E-state index contributed by atoms with van der Waals surface area (Å²) in [6, 6.07) is 43.0. The number of anilines is 3. The molecule has 4 nitrogen and oxygen atoms in total. The summed E-state index contributed by atoms with van der Waals surface area (Å²) in [5, 5.41) is 10.4. The van der Waals surface area contributed by atoms with Gasteiger partial charge in [-0.1, -0.05) is 72.8 Å². The number of nitrogens with zero attached hydrogens (tertiary/aromatic N) is 3. The molecule has 184 valence electrons. The van der Waals surface area contributed by atoms with E-state index in [1.807, 2.05) is 66.7 Å². The monoisotopic (exact) mass is 501 g/mol. The van der Waals surface area contributed by atoms with Gasteiger partial charge in [0, 0.05) is 10.9 Å². The highest BCUT2D eigenvalue weighted by atomic mass is 16.5. The molecule has 39 heavy (non-hydrogen) atoms. The van der Waals surface area contributed by atoms with Gasteiger partial charge in [0.05, 0.1) is 39.9 Å². The fourth-order valence-electron chi connectivity index (χ4n) is 5.35. The summed E-state index contributed by atoms with van der Waals surface area (Å²) in [5.41, 5.74) is 9.66. The van der Waals surface area contributed by atoms with E-state index in [0.717, 1.165) is 67.4 Å². The van der Waals surface area contributed by atoms with Crippen molar-refractivity contribution in [3.05, 3.63) is 132 Å². The van der Waals surface area contributed by atoms with E-state index in [4.69, 9.17) is 9.72 Å². The third-order valence-electron chi connectivity index (χ3n) is 7.22. The van der Waals surface area contributed by atoms with E-state index in [0.29, 0.717) is 5.56 Å². The largest absolute Gasteiger partial charge is 0.453 e. The maximum absolute atomic E-state index is 9.32. The van der Waals surface area contributed by atoms with E-state index >= 15 is 0 Å². The van der Waals surface area contributed by atoms with E-state index in [1.54, 1.807) is 0 Å². The third-order valence-corrected chi connectivity index (χ3v) is 7.22. The smallest absolute Gasteiger partial charge is 0.151 e. The number of benzene rings is 5. The lowest BCUT2D eigenvalue weighted by atomic mass is 9.94. The average Bonchev–Trinajstić information content (AvgIpc) is 3.00. The SMILES string of the molecule is Cc1ccc(N2c3ccccc3Oc3ccccc32)c2nc(-c3ccc(C#N)cc3)cc(-c3ccccc3)c12. The third kappa shape index (κ3) is 3.80. The molecule has 0 bridgehead atoms. The molecule has 2 heterocycles. The maximum Gasteiger partial charge on any atom is 0.151 e. The van der Waals surface area contributed by atoms with Gasteiger partial charge < -0.3 is 9.64 Å². The molecule has 4 heteroatoms. The average molecular weight is 502 g/mol. The molecule has 0 saturated heterocycles. The number of rotatable bonds is 3. The highest BCUT2D eigenvalue weighted by Crippen LogP contribution is 2.52. The predicted molar refractivity (Wildman–Crippen MR) is 157 cm³/mol. The first-order valence-corrected chi connectivity index (χ1v) is 12.9. The second-order valence-electron chi connectivity index (χ2n) is 9.61. The van der Waals surface area contributed by atoms with Crippen LogP contribution in [-0.4, -0.2) is 4.98 Å². The van der Waals surface area contributed by atoms with Crippen LogP contribution in [0, 0.1) is 18.3 Å². The van der Waals surface area contributed by atoms with Crippen LogP contribution in [0.4, 0.5) is 17.1 Å². The Morgan fingerprint density at radius 2 is 1.31 bits per heavy atom. The van der Waals surface area contributed by atoms with E-state index < -0.39 is 0 Å². The molecule has 0 saturated carbocycles. The summed E-state index contributed by atoms with van der Waals surface area (Å²) < 4.78 is 6.28. The van der Waals surface area contributed by atoms with Crippen molar-refractivity contribution in [2.75, 3.05) is 4.90 Å². The molecule has 0 amide bonds. The summed E-state index contributed by atoms with van der Waals surface area (Å²) in [7, 11) is 0. The number of aromatic nitrogens is 1. The summed E-state index contributed by atoms with van der Waals surface area (Å²) in [6.07, 6.45) is 0. The van der Waals surface area contributed by atoms with Crippen LogP contribution >= 0.6 is 0 Å². The van der Waals surface area contributed by atoms with E-state index in [9.17, 15) is 5.26 Å². The van der Waals surface area contributed by atoms with Gasteiger partial charge in [0.25, 0.3) is 0 Å². The Morgan fingerprint density at radius 3 is 1.97 bits per heavy atom. The molecular weight excluding hydrogens is 478 g/mol. The number of ether oxygens (including phenoxy) is 1. The molecule has 1 aliphatic rings. The molecule has 0 radical (unpaired) electrons. The molecule has 0 spiro atoms. The lowest BCUT2D eigenvalue weighted by Gasteiger charge is -2.33. The van der Waals surface area contributed by atoms with Crippen LogP contribution < -0.4 is 9.64 Å². The van der Waals surface area contributed by atoms with Gasteiger partial charge >= 0.3 is 0 Å². The Bertz CT molecular complexity index is 1860. The van der Waals surface area contributed by atoms with Crippen LogP contribution in [0.1, 0.15) is 11.1 Å². The minimum Gasteiger partial charge on any atom is -0.453 e. The zero-order chi connectivity index (χ0) is 26.3. The summed E-state index contributed by atoms with van der Waals surface area (Å²) in [4.78, 5) is 7.55. The van der Waals surface area contributed by atoms with Gasteiger partial charge in [0.2, 0.25) is 0 Å². The molecular formula is C35H23N3O. The Labute approximate surface area is 227 Å². The summed E-state index contributed by atoms with van der Waals surface area (Å²) >= 11 is 0. The fourth-order valence-corrected chi connectivity index (χ4v) is 5.35. The molecule has 5 aromatic carbocycles. The molecule has 0 N–H and O–H groups in total. The van der Waals surface area contributed by atoms with Crippen molar-refractivity contribution in [1.82, 2.24) is 4.98 Å². The van der Waals surface area contributed by atoms with Crippen LogP contribution in [0.3, 0.4) is 0 Å². The second-order valence-corrected chi connectivity index (χ2v) is 9.61. The molecule has 1 aliphatic heterocycles. The van der Waals surface area contributed by atoms with Gasteiger partial charge in [-0.05, 0) is 72.1 Å². The Kier molecular flexibility index (Phi) is 5.35. The molecule has 0 aliphatic carbocycles. The van der Waals surface area contributed by atoms with Crippen LogP contribution in [-0.2, 0) is 0 Å². The standard InChI is InChI=1S/C35H23N3O/c1-23-15-20-31(38-29-11-5-7-13-32(29)39-33-14-8-6-12-30(33)38)35-34(23)27(25-9-3-2-4-10-25)21-28(37-35)26-18-16-24(22-36)17-19-26/h2-21H,1H3. The zero-order valence-corrected chi connectivity index (χ0v) is 21.3. The van der Waals surface area contributed by atoms with E-state index in [1.165, 1.54) is 0 Å². The molecule has 7 rings (SSSR count). The van der Waals surface area contributed by atoms with Crippen molar-refractivity contribution in [3.8, 4) is 40.0 Å². The van der Waals surface area contributed by atoms with Crippen molar-refractivity contribution in [2.45, 2.75) is 6.92 Å². The number of pyridine rings is 1. The number of fused-ring (bicyclic) bond motifs is 3. The van der Waals surface area contributed by atoms with Gasteiger partial charge in [0.1, 0.15) is 0 Å². The van der Waals surface area contributed by atoms with Gasteiger partial charge in [-0.25, -0.2) is 4.98 Å². The highest BCUT2D eigenvalue weighted by Gasteiger charge is 2.28. The van der Waals surface area contributed by atoms with Crippen molar-refractivity contribution in [1.29, 1.82) is 5.26 Å². The molecule has 0 atom stereocenters. The van der Waals surface area contributed by atoms with Crippen LogP contribution in [0.2, 0.25) is 0 Å². The first-order chi connectivity index (χ1) is 19.2. The van der Waals surface area contributed by atoms with Gasteiger partial charge in [-0.2, -0.15) is 5.26 Å². The highest BCUT2D eigenvalue weighted by molar-refractivity contribution is 6.07. The minimum atomic E-state index is 0.626. The predicted octanol–water partition coefficient (Wildman–Crippen LogP) is 9.32. The zero-order valence-electron chi connectivity index (χ0n) is 21.3. The first-order valence-electron chi connectivity index (χ1n) is 12.9. The fraction of sp³-hybridized carbons (Fsp3) is 0.0286. The lowest BCUT2D eigenvalue weighted by Crippen LogP contribution is -2.16. The van der Waals surface area contributed by atoms with Crippen molar-refractivity contribution >= 4 is 28.0 Å². The maximum atomic E-state index is 9.32. The number of hydrogen-bond donors (Lipinski definition) is 0. The number of hydrogen-bond acceptors (Lipinski definition) is 4. The van der Waals surface area contributed by atoms with Crippen molar-refractivity contribution in [2.24, 2.45) is 0 Å². The molecule has 0 fully saturated rings. The van der Waals surface area contributed by atoms with Gasteiger partial charge in [-0.3, -0.25) is 0 Å². The van der Waals surface area contributed by atoms with E-state index in [-0.39, 0.29) is 0 Å². The van der Waals surface area contributed by atoms with Crippen LogP contribution in [0.5, 0.6) is 11.5 Å². The van der Waals surface area contributed by atoms with Gasteiger partial charge in [-0.15, -0.1) is 0 Å². The Morgan fingerprint density at radius 1 is 0.667 bits per heavy atom. The number of nitriles is 1.